The molecule has 74 valence electrons. The third-order valence-electron chi connectivity index (χ3n) is 3.70. The lowest BCUT2D eigenvalue weighted by Gasteiger charge is -2.27. The second-order valence-corrected chi connectivity index (χ2v) is 4.34. The Balaban J connectivity index is 2.08. The minimum Gasteiger partial charge on any atom is -0.481 e. The Kier molecular flexibility index (Phi) is 1.39. The van der Waals surface area contributed by atoms with Crippen molar-refractivity contribution in [2.24, 2.45) is 5.92 Å². The van der Waals surface area contributed by atoms with Crippen LogP contribution in [0.2, 0.25) is 0 Å². The first kappa shape index (κ1) is 8.09. The van der Waals surface area contributed by atoms with E-state index >= 15 is 0 Å². The number of rotatable bonds is 1. The van der Waals surface area contributed by atoms with Crippen molar-refractivity contribution in [2.45, 2.75) is 31.1 Å². The maximum atomic E-state index is 11.1. The molecule has 0 aromatic carbocycles. The van der Waals surface area contributed by atoms with Gasteiger partial charge in [0.25, 0.3) is 0 Å². The normalized spacial score (nSPS) is 27.3. The molecule has 1 heterocycles. The van der Waals surface area contributed by atoms with Gasteiger partial charge in [-0.3, -0.25) is 4.79 Å². The molecule has 1 aromatic heterocycles. The van der Waals surface area contributed by atoms with Crippen molar-refractivity contribution >= 4 is 5.97 Å². The molecule has 3 heteroatoms. The molecule has 1 N–H and O–H groups in total. The molecule has 1 saturated carbocycles. The van der Waals surface area contributed by atoms with Crippen molar-refractivity contribution in [3.8, 4) is 0 Å². The molecule has 1 spiro atoms. The zero-order valence-electron chi connectivity index (χ0n) is 7.82. The molecule has 1 fully saturated rings. The summed E-state index contributed by atoms with van der Waals surface area (Å²) in [5.41, 5.74) is 1.10. The summed E-state index contributed by atoms with van der Waals surface area (Å²) in [5, 5.41) is 9.15. The summed E-state index contributed by atoms with van der Waals surface area (Å²) < 4.78 is 5.37. The maximum absolute atomic E-state index is 11.1. The number of aryl methyl sites for hydroxylation is 1. The highest BCUT2D eigenvalue weighted by atomic mass is 16.4. The number of carboxylic acids is 1. The molecule has 0 aliphatic heterocycles. The van der Waals surface area contributed by atoms with E-state index in [4.69, 9.17) is 9.52 Å². The van der Waals surface area contributed by atoms with Crippen molar-refractivity contribution in [1.82, 2.24) is 0 Å². The van der Waals surface area contributed by atoms with Crippen molar-refractivity contribution in [2.75, 3.05) is 0 Å². The molecule has 0 amide bonds. The molecular weight excluding hydrogens is 180 g/mol. The molecule has 2 aliphatic carbocycles. The van der Waals surface area contributed by atoms with Gasteiger partial charge in [-0.25, -0.2) is 0 Å². The van der Waals surface area contributed by atoms with Crippen molar-refractivity contribution in [1.29, 1.82) is 0 Å². The van der Waals surface area contributed by atoms with Gasteiger partial charge in [-0.1, -0.05) is 0 Å². The highest BCUT2D eigenvalue weighted by Crippen LogP contribution is 2.58. The molecule has 1 unspecified atom stereocenters. The third kappa shape index (κ3) is 0.846. The number of furan rings is 1. The fourth-order valence-corrected chi connectivity index (χ4v) is 2.83. The van der Waals surface area contributed by atoms with Crippen LogP contribution in [0.1, 0.15) is 30.6 Å². The summed E-state index contributed by atoms with van der Waals surface area (Å²) >= 11 is 0. The largest absolute Gasteiger partial charge is 0.481 e. The number of hydrogen-bond donors (Lipinski definition) is 1. The van der Waals surface area contributed by atoms with Gasteiger partial charge in [0, 0.05) is 17.4 Å². The summed E-state index contributed by atoms with van der Waals surface area (Å²) in [6.07, 6.45) is 5.22. The van der Waals surface area contributed by atoms with Crippen LogP contribution >= 0.6 is 0 Å². The standard InChI is InChI=1S/C11H12O3/c12-10(13)8-1-2-9-7(3-6-14-9)11(8)4-5-11/h3,6,8H,1-2,4-5H2,(H,12,13). The Hall–Kier alpha value is -1.25. The van der Waals surface area contributed by atoms with Gasteiger partial charge in [-0.2, -0.15) is 0 Å². The van der Waals surface area contributed by atoms with Crippen LogP contribution in [-0.2, 0) is 16.6 Å². The number of aliphatic carboxylic acids is 1. The van der Waals surface area contributed by atoms with Crippen LogP contribution in [0.3, 0.4) is 0 Å². The Morgan fingerprint density at radius 3 is 3.00 bits per heavy atom. The summed E-state index contributed by atoms with van der Waals surface area (Å²) in [6.45, 7) is 0. The van der Waals surface area contributed by atoms with E-state index in [1.54, 1.807) is 6.26 Å². The van der Waals surface area contributed by atoms with Crippen LogP contribution < -0.4 is 0 Å². The van der Waals surface area contributed by atoms with Crippen molar-refractivity contribution < 1.29 is 14.3 Å². The van der Waals surface area contributed by atoms with Gasteiger partial charge in [0.05, 0.1) is 12.2 Å². The molecule has 0 bridgehead atoms. The van der Waals surface area contributed by atoms with Crippen LogP contribution in [0.5, 0.6) is 0 Å². The van der Waals surface area contributed by atoms with E-state index in [9.17, 15) is 4.79 Å². The zero-order valence-corrected chi connectivity index (χ0v) is 7.82. The second kappa shape index (κ2) is 2.41. The molecule has 3 nitrogen and oxygen atoms in total. The van der Waals surface area contributed by atoms with Gasteiger partial charge >= 0.3 is 5.97 Å². The van der Waals surface area contributed by atoms with E-state index in [0.717, 1.165) is 37.0 Å². The number of hydrogen-bond acceptors (Lipinski definition) is 2. The smallest absolute Gasteiger partial charge is 0.307 e. The Morgan fingerprint density at radius 1 is 1.57 bits per heavy atom. The van der Waals surface area contributed by atoms with E-state index in [1.165, 1.54) is 0 Å². The van der Waals surface area contributed by atoms with E-state index < -0.39 is 5.97 Å². The van der Waals surface area contributed by atoms with E-state index in [2.05, 4.69) is 0 Å². The van der Waals surface area contributed by atoms with Crippen LogP contribution in [0.4, 0.5) is 0 Å². The van der Waals surface area contributed by atoms with E-state index in [-0.39, 0.29) is 11.3 Å². The first-order chi connectivity index (χ1) is 6.74. The van der Waals surface area contributed by atoms with Gasteiger partial charge < -0.3 is 9.52 Å². The third-order valence-corrected chi connectivity index (χ3v) is 3.70. The van der Waals surface area contributed by atoms with Gasteiger partial charge in [0.15, 0.2) is 0 Å². The number of fused-ring (bicyclic) bond motifs is 2. The molecule has 14 heavy (non-hydrogen) atoms. The quantitative estimate of drug-likeness (QED) is 0.739. The highest BCUT2D eigenvalue weighted by Gasteiger charge is 2.57. The molecule has 0 saturated heterocycles. The lowest BCUT2D eigenvalue weighted by Crippen LogP contribution is -2.32. The minimum absolute atomic E-state index is 0.0631. The molecule has 0 radical (unpaired) electrons. The lowest BCUT2D eigenvalue weighted by atomic mass is 9.75. The highest BCUT2D eigenvalue weighted by molar-refractivity contribution is 5.74. The minimum atomic E-state index is -0.644. The zero-order chi connectivity index (χ0) is 9.76. The summed E-state index contributed by atoms with van der Waals surface area (Å²) in [6, 6.07) is 1.96. The fourth-order valence-electron chi connectivity index (χ4n) is 2.83. The summed E-state index contributed by atoms with van der Waals surface area (Å²) in [4.78, 5) is 11.1. The molecule has 1 aromatic rings. The first-order valence-electron chi connectivity index (χ1n) is 5.04. The van der Waals surface area contributed by atoms with Gasteiger partial charge in [0.1, 0.15) is 5.76 Å². The predicted octanol–water partition coefficient (Wildman–Crippen LogP) is 1.96. The summed E-state index contributed by atoms with van der Waals surface area (Å²) in [7, 11) is 0. The van der Waals surface area contributed by atoms with Crippen LogP contribution in [0.15, 0.2) is 16.7 Å². The average molecular weight is 192 g/mol. The van der Waals surface area contributed by atoms with Crippen molar-refractivity contribution in [3.05, 3.63) is 23.7 Å². The van der Waals surface area contributed by atoms with Gasteiger partial charge in [-0.15, -0.1) is 0 Å². The Labute approximate surface area is 81.7 Å². The van der Waals surface area contributed by atoms with Crippen molar-refractivity contribution in [3.63, 3.8) is 0 Å². The predicted molar refractivity (Wildman–Crippen MR) is 49.1 cm³/mol. The van der Waals surface area contributed by atoms with E-state index in [1.807, 2.05) is 6.07 Å². The van der Waals surface area contributed by atoms with Crippen LogP contribution in [0.25, 0.3) is 0 Å². The number of carbonyl (C=O) groups is 1. The fraction of sp³-hybridized carbons (Fsp3) is 0.545. The monoisotopic (exact) mass is 192 g/mol. The average Bonchev–Trinajstić information content (AvgIpc) is 2.77. The molecule has 3 rings (SSSR count). The lowest BCUT2D eigenvalue weighted by molar-refractivity contribution is -0.143. The van der Waals surface area contributed by atoms with Crippen LogP contribution in [0, 0.1) is 5.92 Å². The summed E-state index contributed by atoms with van der Waals surface area (Å²) in [5.74, 6) is 0.182. The maximum Gasteiger partial charge on any atom is 0.307 e. The molecule has 2 aliphatic rings. The topological polar surface area (TPSA) is 50.4 Å². The Morgan fingerprint density at radius 2 is 2.36 bits per heavy atom. The van der Waals surface area contributed by atoms with Gasteiger partial charge in [0.2, 0.25) is 0 Å². The number of carboxylic acid groups (broad SMARTS) is 1. The van der Waals surface area contributed by atoms with E-state index in [0.29, 0.717) is 0 Å². The second-order valence-electron chi connectivity index (χ2n) is 4.34. The first-order valence-corrected chi connectivity index (χ1v) is 5.04. The Bertz CT molecular complexity index is 387. The SMILES string of the molecule is O=C(O)C1CCc2occc2C12CC2. The molecular formula is C11H12O3. The van der Waals surface area contributed by atoms with Crippen LogP contribution in [-0.4, -0.2) is 11.1 Å². The van der Waals surface area contributed by atoms with Gasteiger partial charge in [-0.05, 0) is 25.3 Å². The molecule has 1 atom stereocenters.